The first kappa shape index (κ1) is 18.9. The van der Waals surface area contributed by atoms with E-state index in [0.717, 1.165) is 46.3 Å². The number of hydrogen-bond donors (Lipinski definition) is 0. The zero-order valence-electron chi connectivity index (χ0n) is 16.1. The highest BCUT2D eigenvalue weighted by Crippen LogP contribution is 2.50. The molecule has 0 unspecified atom stereocenters. The Bertz CT molecular complexity index is 1020. The Morgan fingerprint density at radius 2 is 2.00 bits per heavy atom. The lowest BCUT2D eigenvalue weighted by Gasteiger charge is -2.51. The van der Waals surface area contributed by atoms with Crippen molar-refractivity contribution in [2.75, 3.05) is 13.1 Å². The van der Waals surface area contributed by atoms with Crippen LogP contribution in [0, 0.1) is 0 Å². The Hall–Kier alpha value is -2.05. The maximum atomic E-state index is 11.8. The molecule has 3 heterocycles. The molecule has 29 heavy (non-hydrogen) atoms. The number of piperidine rings is 1. The summed E-state index contributed by atoms with van der Waals surface area (Å²) in [6, 6.07) is 14.1. The van der Waals surface area contributed by atoms with Crippen molar-refractivity contribution in [3.8, 4) is 5.75 Å². The van der Waals surface area contributed by atoms with Gasteiger partial charge < -0.3 is 9.64 Å². The third kappa shape index (κ3) is 3.13. The topological polar surface area (TPSA) is 45.1 Å². The molecule has 1 fully saturated rings. The fourth-order valence-corrected chi connectivity index (χ4v) is 5.24. The first-order chi connectivity index (χ1) is 14.0. The molecule has 0 radical (unpaired) electrons. The van der Waals surface area contributed by atoms with E-state index in [1.54, 1.807) is 6.92 Å². The second-order valence-electron chi connectivity index (χ2n) is 7.83. The second kappa shape index (κ2) is 7.03. The Balaban J connectivity index is 1.57. The third-order valence-electron chi connectivity index (χ3n) is 6.13. The quantitative estimate of drug-likeness (QED) is 0.585. The highest BCUT2D eigenvalue weighted by atomic mass is 79.9. The summed E-state index contributed by atoms with van der Waals surface area (Å²) in [5.41, 5.74) is 2.53. The maximum absolute atomic E-state index is 11.8. The molecule has 0 saturated carbocycles. The minimum absolute atomic E-state index is 0.0893. The number of halogens is 2. The number of amides is 1. The Kier molecular flexibility index (Phi) is 4.59. The molecule has 1 saturated heterocycles. The largest absolute Gasteiger partial charge is 0.466 e. The van der Waals surface area contributed by atoms with E-state index in [1.165, 1.54) is 0 Å². The molecule has 1 spiro atoms. The highest BCUT2D eigenvalue weighted by Gasteiger charge is 2.52. The standard InChI is InChI=1S/C22H21BrClN3O2/c1-14(28)26-10-8-22(9-11-26)27-20(17-12-15(23)6-7-21(17)29-22)13-19(25-27)16-4-2-3-5-18(16)24/h2-7,12,20H,8-11,13H2,1H3/t20-/m1/s1. The average molecular weight is 475 g/mol. The average Bonchev–Trinajstić information content (AvgIpc) is 3.16. The van der Waals surface area contributed by atoms with Crippen LogP contribution in [0.15, 0.2) is 52.0 Å². The van der Waals surface area contributed by atoms with Gasteiger partial charge in [0.25, 0.3) is 0 Å². The number of hydrazone groups is 1. The van der Waals surface area contributed by atoms with Gasteiger partial charge in [-0.2, -0.15) is 5.10 Å². The summed E-state index contributed by atoms with van der Waals surface area (Å²) in [7, 11) is 0. The molecule has 5 nitrogen and oxygen atoms in total. The van der Waals surface area contributed by atoms with Crippen LogP contribution in [-0.4, -0.2) is 40.3 Å². The van der Waals surface area contributed by atoms with Gasteiger partial charge in [-0.1, -0.05) is 45.7 Å². The number of likely N-dealkylation sites (tertiary alicyclic amines) is 1. The molecule has 0 N–H and O–H groups in total. The number of benzene rings is 2. The van der Waals surface area contributed by atoms with E-state index >= 15 is 0 Å². The monoisotopic (exact) mass is 473 g/mol. The van der Waals surface area contributed by atoms with Gasteiger partial charge in [-0.05, 0) is 24.3 Å². The molecule has 0 aromatic heterocycles. The van der Waals surface area contributed by atoms with Crippen LogP contribution in [0.25, 0.3) is 0 Å². The zero-order valence-corrected chi connectivity index (χ0v) is 18.4. The van der Waals surface area contributed by atoms with Crippen molar-refractivity contribution >= 4 is 39.1 Å². The summed E-state index contributed by atoms with van der Waals surface area (Å²) in [6.07, 6.45) is 2.21. The third-order valence-corrected chi connectivity index (χ3v) is 6.96. The fraction of sp³-hybridized carbons (Fsp3) is 0.364. The lowest BCUT2D eigenvalue weighted by Crippen LogP contribution is -2.59. The number of rotatable bonds is 1. The van der Waals surface area contributed by atoms with E-state index in [4.69, 9.17) is 21.4 Å². The molecule has 0 bridgehead atoms. The van der Waals surface area contributed by atoms with Gasteiger partial charge in [-0.15, -0.1) is 0 Å². The van der Waals surface area contributed by atoms with Crippen LogP contribution in [0.5, 0.6) is 5.75 Å². The molecular formula is C22H21BrClN3O2. The van der Waals surface area contributed by atoms with Crippen molar-refractivity contribution < 1.29 is 9.53 Å². The van der Waals surface area contributed by atoms with Gasteiger partial charge in [0.1, 0.15) is 5.75 Å². The van der Waals surface area contributed by atoms with Crippen molar-refractivity contribution in [2.24, 2.45) is 5.10 Å². The molecule has 150 valence electrons. The van der Waals surface area contributed by atoms with Crippen LogP contribution < -0.4 is 4.74 Å². The number of ether oxygens (including phenoxy) is 1. The highest BCUT2D eigenvalue weighted by molar-refractivity contribution is 9.10. The van der Waals surface area contributed by atoms with Gasteiger partial charge >= 0.3 is 0 Å². The van der Waals surface area contributed by atoms with Crippen molar-refractivity contribution in [3.05, 3.63) is 63.1 Å². The number of hydrogen-bond acceptors (Lipinski definition) is 4. The smallest absolute Gasteiger partial charge is 0.219 e. The molecule has 3 aliphatic heterocycles. The van der Waals surface area contributed by atoms with Crippen molar-refractivity contribution in [1.29, 1.82) is 0 Å². The van der Waals surface area contributed by atoms with E-state index in [1.807, 2.05) is 41.3 Å². The van der Waals surface area contributed by atoms with E-state index in [9.17, 15) is 4.79 Å². The van der Waals surface area contributed by atoms with Gasteiger partial charge in [0.05, 0.1) is 11.8 Å². The summed E-state index contributed by atoms with van der Waals surface area (Å²) >= 11 is 10.1. The van der Waals surface area contributed by atoms with Gasteiger partial charge in [-0.25, -0.2) is 5.01 Å². The lowest BCUT2D eigenvalue weighted by molar-refractivity contribution is -0.158. The molecule has 3 aliphatic rings. The molecule has 1 amide bonds. The van der Waals surface area contributed by atoms with E-state index in [-0.39, 0.29) is 11.9 Å². The maximum Gasteiger partial charge on any atom is 0.219 e. The molecule has 2 aromatic rings. The number of fused-ring (bicyclic) bond motifs is 4. The number of nitrogens with zero attached hydrogens (tertiary/aromatic N) is 3. The molecule has 0 aliphatic carbocycles. The minimum atomic E-state index is -0.541. The predicted octanol–water partition coefficient (Wildman–Crippen LogP) is 4.98. The van der Waals surface area contributed by atoms with E-state index in [0.29, 0.717) is 18.1 Å². The SMILES string of the molecule is CC(=O)N1CCC2(CC1)Oc1ccc(Br)cc1[C@H]1CC(c3ccccc3Cl)=NN12. The molecular weight excluding hydrogens is 454 g/mol. The zero-order chi connectivity index (χ0) is 20.2. The van der Waals surface area contributed by atoms with Crippen molar-refractivity contribution in [1.82, 2.24) is 9.91 Å². The van der Waals surface area contributed by atoms with Gasteiger partial charge in [-0.3, -0.25) is 4.79 Å². The van der Waals surface area contributed by atoms with Crippen LogP contribution in [0.4, 0.5) is 0 Å². The fourth-order valence-electron chi connectivity index (χ4n) is 4.61. The van der Waals surface area contributed by atoms with Crippen LogP contribution in [0.2, 0.25) is 5.02 Å². The van der Waals surface area contributed by atoms with Crippen molar-refractivity contribution in [2.45, 2.75) is 38.0 Å². The Morgan fingerprint density at radius 1 is 1.24 bits per heavy atom. The van der Waals surface area contributed by atoms with E-state index in [2.05, 4.69) is 27.0 Å². The first-order valence-electron chi connectivity index (χ1n) is 9.82. The Morgan fingerprint density at radius 3 is 2.72 bits per heavy atom. The van der Waals surface area contributed by atoms with Crippen LogP contribution in [0.3, 0.4) is 0 Å². The second-order valence-corrected chi connectivity index (χ2v) is 9.15. The molecule has 5 rings (SSSR count). The van der Waals surface area contributed by atoms with Gasteiger partial charge in [0.2, 0.25) is 11.6 Å². The van der Waals surface area contributed by atoms with Crippen molar-refractivity contribution in [3.63, 3.8) is 0 Å². The van der Waals surface area contributed by atoms with E-state index < -0.39 is 5.72 Å². The lowest BCUT2D eigenvalue weighted by atomic mass is 9.90. The van der Waals surface area contributed by atoms with Crippen LogP contribution >= 0.6 is 27.5 Å². The molecule has 7 heteroatoms. The summed E-state index contributed by atoms with van der Waals surface area (Å²) < 4.78 is 7.62. The van der Waals surface area contributed by atoms with Gasteiger partial charge in [0.15, 0.2) is 0 Å². The normalized spacial score (nSPS) is 22.0. The molecule has 2 aromatic carbocycles. The number of carbonyl (C=O) groups excluding carboxylic acids is 1. The summed E-state index contributed by atoms with van der Waals surface area (Å²) in [4.78, 5) is 13.7. The summed E-state index contributed by atoms with van der Waals surface area (Å²) in [5.74, 6) is 1.01. The van der Waals surface area contributed by atoms with Crippen LogP contribution in [-0.2, 0) is 4.79 Å². The van der Waals surface area contributed by atoms with Gasteiger partial charge in [0, 0.05) is 59.9 Å². The number of carbonyl (C=O) groups is 1. The summed E-state index contributed by atoms with van der Waals surface area (Å²) in [5, 5.41) is 7.89. The summed E-state index contributed by atoms with van der Waals surface area (Å²) in [6.45, 7) is 2.96. The predicted molar refractivity (Wildman–Crippen MR) is 116 cm³/mol. The first-order valence-corrected chi connectivity index (χ1v) is 11.0. The van der Waals surface area contributed by atoms with Crippen LogP contribution in [0.1, 0.15) is 43.4 Å². The Labute approximate surface area is 183 Å². The minimum Gasteiger partial charge on any atom is -0.466 e. The molecule has 1 atom stereocenters.